The molecule has 1 aromatic rings. The van der Waals surface area contributed by atoms with Gasteiger partial charge in [-0.05, 0) is 32.1 Å². The number of hydrogen-bond acceptors (Lipinski definition) is 4. The van der Waals surface area contributed by atoms with Crippen LogP contribution >= 0.6 is 0 Å². The third kappa shape index (κ3) is 3.82. The van der Waals surface area contributed by atoms with Crippen molar-refractivity contribution in [3.63, 3.8) is 0 Å². The highest BCUT2D eigenvalue weighted by Crippen LogP contribution is 2.29. The topological polar surface area (TPSA) is 47.0 Å². The fraction of sp³-hybridized carbons (Fsp3) is 0.733. The number of aryl methyl sites for hydroxylation is 1. The van der Waals surface area contributed by atoms with E-state index in [0.29, 0.717) is 17.9 Å². The molecule has 0 aromatic carbocycles. The lowest BCUT2D eigenvalue weighted by atomic mass is 9.83. The molecule has 1 heterocycles. The molecule has 106 valence electrons. The second-order valence-corrected chi connectivity index (χ2v) is 5.43. The summed E-state index contributed by atoms with van der Waals surface area (Å²) in [6, 6.07) is 2.33. The maximum atomic E-state index is 5.21. The Kier molecular flexibility index (Phi) is 5.00. The number of methoxy groups -OCH3 is 1. The van der Waals surface area contributed by atoms with Gasteiger partial charge < -0.3 is 10.1 Å². The van der Waals surface area contributed by atoms with Gasteiger partial charge in [0, 0.05) is 17.8 Å². The lowest BCUT2D eigenvalue weighted by Gasteiger charge is -2.30. The summed E-state index contributed by atoms with van der Waals surface area (Å²) < 4.78 is 5.21. The summed E-state index contributed by atoms with van der Waals surface area (Å²) in [5.41, 5.74) is 0.938. The maximum Gasteiger partial charge on any atom is 0.226 e. The molecule has 1 aromatic heterocycles. The first kappa shape index (κ1) is 14.1. The van der Waals surface area contributed by atoms with Crippen LogP contribution in [0.5, 0.6) is 5.88 Å². The van der Waals surface area contributed by atoms with Crippen LogP contribution in [0.4, 0.5) is 5.95 Å². The third-order valence-electron chi connectivity index (χ3n) is 4.01. The molecule has 19 heavy (non-hydrogen) atoms. The van der Waals surface area contributed by atoms with Gasteiger partial charge in [0.1, 0.15) is 0 Å². The van der Waals surface area contributed by atoms with Crippen molar-refractivity contribution in [2.45, 2.75) is 58.4 Å². The summed E-state index contributed by atoms with van der Waals surface area (Å²) in [7, 11) is 1.64. The fourth-order valence-electron chi connectivity index (χ4n) is 2.96. The molecule has 1 fully saturated rings. The molecule has 2 rings (SSSR count). The van der Waals surface area contributed by atoms with Crippen molar-refractivity contribution in [2.75, 3.05) is 12.4 Å². The minimum absolute atomic E-state index is 0.479. The Morgan fingerprint density at radius 2 is 2.05 bits per heavy atom. The molecule has 4 heteroatoms. The molecule has 1 aliphatic rings. The number of rotatable bonds is 5. The van der Waals surface area contributed by atoms with E-state index >= 15 is 0 Å². The van der Waals surface area contributed by atoms with Gasteiger partial charge in [-0.3, -0.25) is 0 Å². The molecular weight excluding hydrogens is 238 g/mol. The van der Waals surface area contributed by atoms with Crippen molar-refractivity contribution in [3.8, 4) is 5.88 Å². The van der Waals surface area contributed by atoms with E-state index < -0.39 is 0 Å². The second-order valence-electron chi connectivity index (χ2n) is 5.43. The molecule has 0 aliphatic heterocycles. The molecule has 1 saturated carbocycles. The van der Waals surface area contributed by atoms with Crippen LogP contribution in [0.2, 0.25) is 0 Å². The van der Waals surface area contributed by atoms with E-state index in [1.165, 1.54) is 32.1 Å². The number of anilines is 1. The summed E-state index contributed by atoms with van der Waals surface area (Å²) in [5.74, 6) is 2.09. The Labute approximate surface area is 116 Å². The first-order valence-electron chi connectivity index (χ1n) is 7.39. The second kappa shape index (κ2) is 6.73. The first-order chi connectivity index (χ1) is 9.22. The quantitative estimate of drug-likeness (QED) is 0.882. The van der Waals surface area contributed by atoms with Crippen molar-refractivity contribution < 1.29 is 4.74 Å². The van der Waals surface area contributed by atoms with E-state index in [1.807, 2.05) is 13.0 Å². The normalized spacial score (nSPS) is 18.1. The van der Waals surface area contributed by atoms with Crippen LogP contribution in [0.3, 0.4) is 0 Å². The van der Waals surface area contributed by atoms with Crippen molar-refractivity contribution in [3.05, 3.63) is 11.8 Å². The molecule has 1 unspecified atom stereocenters. The highest BCUT2D eigenvalue weighted by molar-refractivity contribution is 5.32. The zero-order chi connectivity index (χ0) is 13.7. The van der Waals surface area contributed by atoms with Gasteiger partial charge in [-0.15, -0.1) is 0 Å². The molecule has 0 bridgehead atoms. The van der Waals surface area contributed by atoms with E-state index in [9.17, 15) is 0 Å². The van der Waals surface area contributed by atoms with Gasteiger partial charge in [-0.25, -0.2) is 4.98 Å². The predicted octanol–water partition coefficient (Wildman–Crippen LogP) is 3.56. The zero-order valence-corrected chi connectivity index (χ0v) is 12.3. The highest BCUT2D eigenvalue weighted by Gasteiger charge is 2.23. The Bertz CT molecular complexity index is 402. The number of aromatic nitrogens is 2. The van der Waals surface area contributed by atoms with Crippen molar-refractivity contribution in [1.29, 1.82) is 0 Å². The first-order valence-corrected chi connectivity index (χ1v) is 7.39. The maximum absolute atomic E-state index is 5.21. The number of hydrogen-bond donors (Lipinski definition) is 1. The van der Waals surface area contributed by atoms with Crippen molar-refractivity contribution >= 4 is 5.95 Å². The largest absolute Gasteiger partial charge is 0.481 e. The van der Waals surface area contributed by atoms with Crippen LogP contribution < -0.4 is 10.1 Å². The van der Waals surface area contributed by atoms with Gasteiger partial charge >= 0.3 is 0 Å². The monoisotopic (exact) mass is 263 g/mol. The Balaban J connectivity index is 2.06. The Morgan fingerprint density at radius 1 is 1.32 bits per heavy atom. The van der Waals surface area contributed by atoms with Gasteiger partial charge in [-0.2, -0.15) is 4.98 Å². The summed E-state index contributed by atoms with van der Waals surface area (Å²) in [5, 5.41) is 3.51. The molecule has 0 spiro atoms. The van der Waals surface area contributed by atoms with E-state index in [1.54, 1.807) is 7.11 Å². The van der Waals surface area contributed by atoms with E-state index in [2.05, 4.69) is 22.2 Å². The predicted molar refractivity (Wildman–Crippen MR) is 77.6 cm³/mol. The van der Waals surface area contributed by atoms with Gasteiger partial charge in [0.2, 0.25) is 11.8 Å². The van der Waals surface area contributed by atoms with Crippen LogP contribution in [0, 0.1) is 12.8 Å². The minimum Gasteiger partial charge on any atom is -0.481 e. The average molecular weight is 263 g/mol. The lowest BCUT2D eigenvalue weighted by Crippen LogP contribution is -2.31. The van der Waals surface area contributed by atoms with Crippen LogP contribution in [0.15, 0.2) is 6.07 Å². The summed E-state index contributed by atoms with van der Waals surface area (Å²) in [4.78, 5) is 8.85. The molecule has 0 radical (unpaired) electrons. The van der Waals surface area contributed by atoms with Crippen LogP contribution in [0.25, 0.3) is 0 Å². The molecule has 4 nitrogen and oxygen atoms in total. The Hall–Kier alpha value is -1.32. The molecule has 1 aliphatic carbocycles. The highest BCUT2D eigenvalue weighted by atomic mass is 16.5. The summed E-state index contributed by atoms with van der Waals surface area (Å²) in [6.07, 6.45) is 7.89. The number of nitrogens with one attached hydrogen (secondary N) is 1. The van der Waals surface area contributed by atoms with Crippen molar-refractivity contribution in [2.24, 2.45) is 5.92 Å². The van der Waals surface area contributed by atoms with Crippen LogP contribution in [0.1, 0.15) is 51.1 Å². The van der Waals surface area contributed by atoms with E-state index in [4.69, 9.17) is 4.74 Å². The standard InChI is InChI=1S/C15H25N3O/c1-4-13(12-8-6-5-7-9-12)17-15-16-11(2)10-14(18-15)19-3/h10,12-13H,4-9H2,1-3H3,(H,16,17,18). The minimum atomic E-state index is 0.479. The Morgan fingerprint density at radius 3 is 2.68 bits per heavy atom. The third-order valence-corrected chi connectivity index (χ3v) is 4.01. The fourth-order valence-corrected chi connectivity index (χ4v) is 2.96. The van der Waals surface area contributed by atoms with Crippen LogP contribution in [-0.2, 0) is 0 Å². The van der Waals surface area contributed by atoms with Gasteiger partial charge in [0.05, 0.1) is 7.11 Å². The SMILES string of the molecule is CCC(Nc1nc(C)cc(OC)n1)C1CCCCC1. The zero-order valence-electron chi connectivity index (χ0n) is 12.3. The number of ether oxygens (including phenoxy) is 1. The molecule has 1 atom stereocenters. The summed E-state index contributed by atoms with van der Waals surface area (Å²) in [6.45, 7) is 4.20. The van der Waals surface area contributed by atoms with Gasteiger partial charge in [-0.1, -0.05) is 26.2 Å². The average Bonchev–Trinajstić information content (AvgIpc) is 2.45. The molecule has 1 N–H and O–H groups in total. The van der Waals surface area contributed by atoms with Gasteiger partial charge in [0.25, 0.3) is 0 Å². The van der Waals surface area contributed by atoms with Gasteiger partial charge in [0.15, 0.2) is 0 Å². The smallest absolute Gasteiger partial charge is 0.226 e. The van der Waals surface area contributed by atoms with Crippen LogP contribution in [-0.4, -0.2) is 23.1 Å². The molecular formula is C15H25N3O. The number of nitrogens with zero attached hydrogens (tertiary/aromatic N) is 2. The van der Waals surface area contributed by atoms with Crippen molar-refractivity contribution in [1.82, 2.24) is 9.97 Å². The summed E-state index contributed by atoms with van der Waals surface area (Å²) >= 11 is 0. The lowest BCUT2D eigenvalue weighted by molar-refractivity contribution is 0.312. The van der Waals surface area contributed by atoms with E-state index in [-0.39, 0.29) is 0 Å². The molecule has 0 amide bonds. The van der Waals surface area contributed by atoms with E-state index in [0.717, 1.165) is 18.0 Å². The molecule has 0 saturated heterocycles.